The Kier molecular flexibility index (Phi) is 6.25. The molecule has 0 heterocycles. The van der Waals surface area contributed by atoms with E-state index in [4.69, 9.17) is 0 Å². The Labute approximate surface area is 147 Å². The number of hydrogen-bond donors (Lipinski definition) is 2. The van der Waals surface area contributed by atoms with E-state index in [1.165, 1.54) is 12.1 Å². The highest BCUT2D eigenvalue weighted by Gasteiger charge is 2.17. The number of non-ortho nitro benzene ring substituents is 1. The molecule has 2 aromatic rings. The van der Waals surface area contributed by atoms with Crippen LogP contribution in [0.2, 0.25) is 0 Å². The molecule has 0 aromatic heterocycles. The number of nitro groups is 1. The van der Waals surface area contributed by atoms with Gasteiger partial charge in [-0.25, -0.2) is 0 Å². The van der Waals surface area contributed by atoms with E-state index in [9.17, 15) is 14.9 Å². The first-order chi connectivity index (χ1) is 11.9. The lowest BCUT2D eigenvalue weighted by atomic mass is 9.96. The monoisotopic (exact) mass is 341 g/mol. The minimum atomic E-state index is -0.475. The lowest BCUT2D eigenvalue weighted by Gasteiger charge is -2.23. The van der Waals surface area contributed by atoms with Crippen LogP contribution in [0.15, 0.2) is 48.5 Å². The Morgan fingerprint density at radius 3 is 2.44 bits per heavy atom. The normalized spacial score (nSPS) is 12.0. The first-order valence-corrected chi connectivity index (χ1v) is 8.21. The molecule has 0 aliphatic rings. The number of carbonyl (C=O) groups excluding carboxylic acids is 1. The van der Waals surface area contributed by atoms with Crippen LogP contribution in [0.5, 0.6) is 0 Å². The van der Waals surface area contributed by atoms with Gasteiger partial charge in [0.1, 0.15) is 0 Å². The van der Waals surface area contributed by atoms with Gasteiger partial charge in [0.2, 0.25) is 5.91 Å². The first kappa shape index (κ1) is 18.6. The minimum Gasteiger partial charge on any atom is -0.324 e. The Morgan fingerprint density at radius 1 is 1.16 bits per heavy atom. The van der Waals surface area contributed by atoms with E-state index in [-0.39, 0.29) is 24.2 Å². The summed E-state index contributed by atoms with van der Waals surface area (Å²) in [4.78, 5) is 22.7. The first-order valence-electron chi connectivity index (χ1n) is 8.21. The highest BCUT2D eigenvalue weighted by atomic mass is 16.6. The molecule has 6 heteroatoms. The summed E-state index contributed by atoms with van der Waals surface area (Å²) in [5, 5.41) is 16.9. The SMILES string of the molecule is Cc1ccc([N+](=O)[O-])cc1NC(=O)CN[C@H](c1ccccc1)C(C)C. The molecule has 1 atom stereocenters. The largest absolute Gasteiger partial charge is 0.324 e. The molecule has 0 spiro atoms. The lowest BCUT2D eigenvalue weighted by Crippen LogP contribution is -2.33. The van der Waals surface area contributed by atoms with Crippen molar-refractivity contribution in [3.05, 3.63) is 69.8 Å². The Morgan fingerprint density at radius 2 is 1.84 bits per heavy atom. The van der Waals surface area contributed by atoms with E-state index in [0.717, 1.165) is 11.1 Å². The number of anilines is 1. The fourth-order valence-electron chi connectivity index (χ4n) is 2.65. The van der Waals surface area contributed by atoms with E-state index in [2.05, 4.69) is 24.5 Å². The van der Waals surface area contributed by atoms with Gasteiger partial charge in [0.05, 0.1) is 17.2 Å². The van der Waals surface area contributed by atoms with Crippen LogP contribution in [-0.4, -0.2) is 17.4 Å². The topological polar surface area (TPSA) is 84.3 Å². The summed E-state index contributed by atoms with van der Waals surface area (Å²) in [6.07, 6.45) is 0. The summed E-state index contributed by atoms with van der Waals surface area (Å²) in [6, 6.07) is 14.4. The van der Waals surface area contributed by atoms with Gasteiger partial charge in [-0.05, 0) is 24.0 Å². The predicted octanol–water partition coefficient (Wildman–Crippen LogP) is 3.83. The summed E-state index contributed by atoms with van der Waals surface area (Å²) in [6.45, 7) is 6.11. The van der Waals surface area contributed by atoms with E-state index in [1.807, 2.05) is 30.3 Å². The molecule has 2 rings (SSSR count). The molecule has 0 fully saturated rings. The molecule has 0 aliphatic heterocycles. The molecular formula is C19H23N3O3. The van der Waals surface area contributed by atoms with Gasteiger partial charge in [-0.2, -0.15) is 0 Å². The van der Waals surface area contributed by atoms with E-state index >= 15 is 0 Å². The maximum absolute atomic E-state index is 12.3. The number of carbonyl (C=O) groups is 1. The summed E-state index contributed by atoms with van der Waals surface area (Å²) < 4.78 is 0. The van der Waals surface area contributed by atoms with Crippen molar-refractivity contribution in [2.24, 2.45) is 5.92 Å². The molecule has 0 bridgehead atoms. The third-order valence-corrected chi connectivity index (χ3v) is 4.01. The van der Waals surface area contributed by atoms with E-state index in [1.54, 1.807) is 13.0 Å². The van der Waals surface area contributed by atoms with Crippen molar-refractivity contribution in [3.8, 4) is 0 Å². The van der Waals surface area contributed by atoms with Crippen LogP contribution in [0.25, 0.3) is 0 Å². The fourth-order valence-corrected chi connectivity index (χ4v) is 2.65. The van der Waals surface area contributed by atoms with Crippen LogP contribution in [-0.2, 0) is 4.79 Å². The van der Waals surface area contributed by atoms with Gasteiger partial charge in [-0.15, -0.1) is 0 Å². The molecule has 0 radical (unpaired) electrons. The molecular weight excluding hydrogens is 318 g/mol. The second-order valence-corrected chi connectivity index (χ2v) is 6.32. The van der Waals surface area contributed by atoms with Gasteiger partial charge >= 0.3 is 0 Å². The van der Waals surface area contributed by atoms with Gasteiger partial charge in [0, 0.05) is 18.2 Å². The molecule has 2 aromatic carbocycles. The zero-order chi connectivity index (χ0) is 18.4. The number of nitro benzene ring substituents is 1. The van der Waals surface area contributed by atoms with Crippen LogP contribution < -0.4 is 10.6 Å². The number of rotatable bonds is 7. The number of hydrogen-bond acceptors (Lipinski definition) is 4. The molecule has 132 valence electrons. The molecule has 0 saturated carbocycles. The average molecular weight is 341 g/mol. The van der Waals surface area contributed by atoms with Crippen molar-refractivity contribution < 1.29 is 9.72 Å². The minimum absolute atomic E-state index is 0.0433. The lowest BCUT2D eigenvalue weighted by molar-refractivity contribution is -0.384. The third kappa shape index (κ3) is 5.12. The standard InChI is InChI=1S/C19H23N3O3/c1-13(2)19(15-7-5-4-6-8-15)20-12-18(23)21-17-11-16(22(24)25)10-9-14(17)3/h4-11,13,19-20H,12H2,1-3H3,(H,21,23)/t19-/m0/s1. The molecule has 0 saturated heterocycles. The quantitative estimate of drug-likeness (QED) is 0.592. The van der Waals surface area contributed by atoms with Crippen molar-refractivity contribution in [2.75, 3.05) is 11.9 Å². The maximum atomic E-state index is 12.3. The van der Waals surface area contributed by atoms with Crippen molar-refractivity contribution in [3.63, 3.8) is 0 Å². The molecule has 25 heavy (non-hydrogen) atoms. The predicted molar refractivity (Wildman–Crippen MR) is 98.5 cm³/mol. The molecule has 6 nitrogen and oxygen atoms in total. The van der Waals surface area contributed by atoms with Gasteiger partial charge in [-0.3, -0.25) is 14.9 Å². The maximum Gasteiger partial charge on any atom is 0.271 e. The highest BCUT2D eigenvalue weighted by molar-refractivity contribution is 5.93. The van der Waals surface area contributed by atoms with Crippen LogP contribution in [0.1, 0.15) is 31.0 Å². The second-order valence-electron chi connectivity index (χ2n) is 6.32. The Bertz CT molecular complexity index is 745. The van der Waals surface area contributed by atoms with Crippen LogP contribution in [0.4, 0.5) is 11.4 Å². The van der Waals surface area contributed by atoms with Crippen molar-refractivity contribution in [1.29, 1.82) is 0 Å². The summed E-state index contributed by atoms with van der Waals surface area (Å²) in [7, 11) is 0. The zero-order valence-electron chi connectivity index (χ0n) is 14.7. The smallest absolute Gasteiger partial charge is 0.271 e. The van der Waals surface area contributed by atoms with Crippen molar-refractivity contribution in [1.82, 2.24) is 5.32 Å². The highest BCUT2D eigenvalue weighted by Crippen LogP contribution is 2.23. The van der Waals surface area contributed by atoms with Crippen molar-refractivity contribution >= 4 is 17.3 Å². The van der Waals surface area contributed by atoms with E-state index < -0.39 is 4.92 Å². The van der Waals surface area contributed by atoms with Crippen LogP contribution >= 0.6 is 0 Å². The number of nitrogens with one attached hydrogen (secondary N) is 2. The number of benzene rings is 2. The van der Waals surface area contributed by atoms with Crippen LogP contribution in [0, 0.1) is 23.0 Å². The molecule has 1 amide bonds. The Hall–Kier alpha value is -2.73. The van der Waals surface area contributed by atoms with Gasteiger partial charge in [0.15, 0.2) is 0 Å². The van der Waals surface area contributed by atoms with Crippen LogP contribution in [0.3, 0.4) is 0 Å². The molecule has 2 N–H and O–H groups in total. The average Bonchev–Trinajstić information content (AvgIpc) is 2.57. The number of amides is 1. The fraction of sp³-hybridized carbons (Fsp3) is 0.316. The summed E-state index contributed by atoms with van der Waals surface area (Å²) >= 11 is 0. The number of aryl methyl sites for hydroxylation is 1. The zero-order valence-corrected chi connectivity index (χ0v) is 14.7. The summed E-state index contributed by atoms with van der Waals surface area (Å²) in [5.41, 5.74) is 2.32. The molecule has 0 unspecified atom stereocenters. The van der Waals surface area contributed by atoms with Gasteiger partial charge < -0.3 is 10.6 Å². The summed E-state index contributed by atoms with van der Waals surface area (Å²) in [5.74, 6) is 0.0833. The van der Waals surface area contributed by atoms with E-state index in [0.29, 0.717) is 11.6 Å². The Balaban J connectivity index is 2.02. The van der Waals surface area contributed by atoms with Gasteiger partial charge in [-0.1, -0.05) is 50.2 Å². The van der Waals surface area contributed by atoms with Gasteiger partial charge in [0.25, 0.3) is 5.69 Å². The van der Waals surface area contributed by atoms with Crippen molar-refractivity contribution in [2.45, 2.75) is 26.8 Å². The second kappa shape index (κ2) is 8.39. The number of nitrogens with zero attached hydrogens (tertiary/aromatic N) is 1. The third-order valence-electron chi connectivity index (χ3n) is 4.01. The molecule has 0 aliphatic carbocycles.